The van der Waals surface area contributed by atoms with Crippen molar-refractivity contribution in [3.63, 3.8) is 0 Å². The Morgan fingerprint density at radius 2 is 1.80 bits per heavy atom. The summed E-state index contributed by atoms with van der Waals surface area (Å²) in [5, 5.41) is 1.09. The van der Waals surface area contributed by atoms with E-state index in [2.05, 4.69) is 44.4 Å². The molecule has 0 bridgehead atoms. The van der Waals surface area contributed by atoms with Crippen LogP contribution in [0.2, 0.25) is 0 Å². The number of benzene rings is 1. The van der Waals surface area contributed by atoms with Crippen LogP contribution in [0.15, 0.2) is 84.6 Å². The zero-order valence-electron chi connectivity index (χ0n) is 16.8. The quantitative estimate of drug-likeness (QED) is 0.428. The largest absolute Gasteiger partial charge is 0.350 e. The minimum Gasteiger partial charge on any atom is -0.347 e. The second-order valence-corrected chi connectivity index (χ2v) is 7.40. The molecule has 0 saturated heterocycles. The maximum atomic E-state index is 13.5. The Bertz CT molecular complexity index is 1400. The van der Waals surface area contributed by atoms with Crippen LogP contribution in [0, 0.1) is 0 Å². The van der Waals surface area contributed by atoms with Gasteiger partial charge in [-0.25, -0.2) is 19.3 Å². The Morgan fingerprint density at radius 3 is 2.63 bits per heavy atom. The highest BCUT2D eigenvalue weighted by Crippen LogP contribution is 2.28. The van der Waals surface area contributed by atoms with Gasteiger partial charge in [0.2, 0.25) is 0 Å². The molecule has 0 saturated carbocycles. The van der Waals surface area contributed by atoms with Crippen molar-refractivity contribution in [3.8, 4) is 11.1 Å². The van der Waals surface area contributed by atoms with Crippen molar-refractivity contribution < 1.29 is 4.57 Å². The first-order valence-corrected chi connectivity index (χ1v) is 10.1. The predicted molar refractivity (Wildman–Crippen MR) is 116 cm³/mol. The lowest BCUT2D eigenvalue weighted by molar-refractivity contribution is -0.665. The van der Waals surface area contributed by atoms with Crippen molar-refractivity contribution >= 4 is 16.6 Å². The van der Waals surface area contributed by atoms with Crippen molar-refractivity contribution in [2.75, 3.05) is 0 Å². The van der Waals surface area contributed by atoms with Gasteiger partial charge in [-0.05, 0) is 18.6 Å². The lowest BCUT2D eigenvalue weighted by atomic mass is 10.1. The molecule has 0 spiro atoms. The van der Waals surface area contributed by atoms with Crippen molar-refractivity contribution in [2.45, 2.75) is 26.4 Å². The van der Waals surface area contributed by atoms with E-state index in [0.29, 0.717) is 12.1 Å². The third kappa shape index (κ3) is 3.06. The van der Waals surface area contributed by atoms with Crippen molar-refractivity contribution in [1.29, 1.82) is 0 Å². The standard InChI is InChI=1S/C24H22N5O/c1-2-10-27-15-20(19-7-3-4-8-22(19)27)21-16-28(14-18-12-25-17-26-13-18)23-9-5-6-11-29(23)24(21)30/h3-9,11-13,15-17H,2,10,14H2,1H3/q+1. The van der Waals surface area contributed by atoms with Crippen LogP contribution >= 0.6 is 0 Å². The molecule has 0 aliphatic rings. The summed E-state index contributed by atoms with van der Waals surface area (Å²) in [6, 6.07) is 14.1. The second kappa shape index (κ2) is 7.55. The Kier molecular flexibility index (Phi) is 4.59. The molecule has 0 amide bonds. The number of fused-ring (bicyclic) bond motifs is 2. The predicted octanol–water partition coefficient (Wildman–Crippen LogP) is 3.46. The van der Waals surface area contributed by atoms with E-state index in [1.54, 1.807) is 16.8 Å². The fraction of sp³-hybridized carbons (Fsp3) is 0.167. The summed E-state index contributed by atoms with van der Waals surface area (Å²) < 4.78 is 6.03. The Hall–Kier alpha value is -3.80. The summed E-state index contributed by atoms with van der Waals surface area (Å²) in [4.78, 5) is 21.7. The molecule has 0 radical (unpaired) electrons. The third-order valence-electron chi connectivity index (χ3n) is 5.38. The smallest absolute Gasteiger partial charge is 0.347 e. The van der Waals surface area contributed by atoms with Crippen LogP contribution in [0.1, 0.15) is 18.9 Å². The summed E-state index contributed by atoms with van der Waals surface area (Å²) in [5.41, 5.74) is 4.57. The van der Waals surface area contributed by atoms with E-state index in [1.807, 2.05) is 42.7 Å². The van der Waals surface area contributed by atoms with Gasteiger partial charge in [-0.15, -0.1) is 0 Å². The maximum Gasteiger partial charge on any atom is 0.350 e. The zero-order chi connectivity index (χ0) is 20.5. The number of hydrogen-bond acceptors (Lipinski definition) is 3. The first-order valence-electron chi connectivity index (χ1n) is 10.1. The van der Waals surface area contributed by atoms with Crippen LogP contribution in [0.5, 0.6) is 0 Å². The molecule has 6 heteroatoms. The van der Waals surface area contributed by atoms with E-state index in [9.17, 15) is 4.79 Å². The van der Waals surface area contributed by atoms with Gasteiger partial charge in [0.1, 0.15) is 24.6 Å². The van der Waals surface area contributed by atoms with Gasteiger partial charge in [-0.1, -0.05) is 31.2 Å². The minimum atomic E-state index is -0.0226. The van der Waals surface area contributed by atoms with E-state index in [0.717, 1.165) is 40.6 Å². The molecule has 0 N–H and O–H groups in total. The van der Waals surface area contributed by atoms with Crippen LogP contribution in [0.3, 0.4) is 0 Å². The van der Waals surface area contributed by atoms with Crippen LogP contribution in [-0.2, 0) is 13.1 Å². The summed E-state index contributed by atoms with van der Waals surface area (Å²) in [5.74, 6) is 0. The molecule has 5 rings (SSSR count). The third-order valence-corrected chi connectivity index (χ3v) is 5.38. The highest BCUT2D eigenvalue weighted by molar-refractivity contribution is 5.95. The first-order chi connectivity index (χ1) is 14.8. The molecule has 5 aromatic rings. The van der Waals surface area contributed by atoms with E-state index in [-0.39, 0.29) is 5.56 Å². The van der Waals surface area contributed by atoms with E-state index >= 15 is 0 Å². The van der Waals surface area contributed by atoms with Gasteiger partial charge in [-0.2, -0.15) is 4.40 Å². The topological polar surface area (TPSA) is 56.1 Å². The molecule has 4 aromatic heterocycles. The minimum absolute atomic E-state index is 0.0226. The summed E-state index contributed by atoms with van der Waals surface area (Å²) in [6.45, 7) is 3.65. The number of nitrogens with zero attached hydrogens (tertiary/aromatic N) is 5. The highest BCUT2D eigenvalue weighted by Gasteiger charge is 2.20. The maximum absolute atomic E-state index is 13.5. The van der Waals surface area contributed by atoms with Crippen LogP contribution in [0.4, 0.5) is 0 Å². The number of aromatic nitrogens is 5. The van der Waals surface area contributed by atoms with Gasteiger partial charge in [0, 0.05) is 53.2 Å². The normalized spacial score (nSPS) is 11.4. The van der Waals surface area contributed by atoms with Gasteiger partial charge in [0.05, 0.1) is 6.20 Å². The van der Waals surface area contributed by atoms with Crippen LogP contribution in [0.25, 0.3) is 27.7 Å². The molecule has 0 unspecified atom stereocenters. The first kappa shape index (κ1) is 18.2. The lowest BCUT2D eigenvalue weighted by Crippen LogP contribution is -2.40. The average molecular weight is 396 g/mol. The number of rotatable bonds is 5. The Balaban J connectivity index is 1.77. The second-order valence-electron chi connectivity index (χ2n) is 7.40. The fourth-order valence-electron chi connectivity index (χ4n) is 4.05. The van der Waals surface area contributed by atoms with E-state index < -0.39 is 0 Å². The van der Waals surface area contributed by atoms with Gasteiger partial charge < -0.3 is 4.57 Å². The van der Waals surface area contributed by atoms with Crippen LogP contribution < -0.4 is 10.1 Å². The molecule has 6 nitrogen and oxygen atoms in total. The zero-order valence-corrected chi connectivity index (χ0v) is 16.8. The molecule has 148 valence electrons. The molecule has 4 heterocycles. The highest BCUT2D eigenvalue weighted by atomic mass is 16.1. The lowest BCUT2D eigenvalue weighted by Gasteiger charge is -2.06. The van der Waals surface area contributed by atoms with Gasteiger partial charge >= 0.3 is 5.56 Å². The number of para-hydroxylation sites is 1. The van der Waals surface area contributed by atoms with Crippen molar-refractivity contribution in [2.24, 2.45) is 0 Å². The van der Waals surface area contributed by atoms with Crippen LogP contribution in [-0.4, -0.2) is 18.9 Å². The molecule has 1 aromatic carbocycles. The number of pyridine rings is 1. The van der Waals surface area contributed by atoms with Crippen molar-refractivity contribution in [3.05, 3.63) is 95.7 Å². The molecule has 30 heavy (non-hydrogen) atoms. The Labute approximate surface area is 173 Å². The number of aryl methyl sites for hydroxylation is 1. The van der Waals surface area contributed by atoms with E-state index in [1.165, 1.54) is 6.33 Å². The fourth-order valence-corrected chi connectivity index (χ4v) is 4.05. The summed E-state index contributed by atoms with van der Waals surface area (Å²) in [7, 11) is 0. The molecule has 0 atom stereocenters. The molecule has 0 aliphatic heterocycles. The number of hydrogen-bond donors (Lipinski definition) is 0. The van der Waals surface area contributed by atoms with Gasteiger partial charge in [0.25, 0.3) is 5.65 Å². The average Bonchev–Trinajstić information content (AvgIpc) is 3.15. The molecular formula is C24H22N5O+. The van der Waals surface area contributed by atoms with Crippen molar-refractivity contribution in [1.82, 2.24) is 18.9 Å². The molecule has 0 fully saturated rings. The monoisotopic (exact) mass is 396 g/mol. The summed E-state index contributed by atoms with van der Waals surface area (Å²) >= 11 is 0. The van der Waals surface area contributed by atoms with Gasteiger partial charge in [-0.3, -0.25) is 0 Å². The molecule has 0 aliphatic carbocycles. The molecular weight excluding hydrogens is 374 g/mol. The SMILES string of the molecule is CCCn1cc(-c2c[n+](Cc3cncnc3)c3ccccn3c2=O)c2ccccc21. The van der Waals surface area contributed by atoms with E-state index in [4.69, 9.17) is 0 Å². The van der Waals surface area contributed by atoms with Gasteiger partial charge in [0.15, 0.2) is 0 Å². The Morgan fingerprint density at radius 1 is 1.00 bits per heavy atom. The summed E-state index contributed by atoms with van der Waals surface area (Å²) in [6.07, 6.45) is 12.1.